The van der Waals surface area contributed by atoms with Crippen LogP contribution in [0, 0.1) is 0 Å². The van der Waals surface area contributed by atoms with Crippen LogP contribution in [-0.2, 0) is 6.42 Å². The van der Waals surface area contributed by atoms with Crippen molar-refractivity contribution in [3.63, 3.8) is 0 Å². The predicted octanol–water partition coefficient (Wildman–Crippen LogP) is 3.76. The lowest BCUT2D eigenvalue weighted by Crippen LogP contribution is -2.13. The number of thiazole rings is 1. The molecule has 4 heteroatoms. The molecular weight excluding hydrogens is 280 g/mol. The molecule has 0 spiro atoms. The van der Waals surface area contributed by atoms with E-state index in [2.05, 4.69) is 4.98 Å². The van der Waals surface area contributed by atoms with E-state index in [0.29, 0.717) is 6.42 Å². The zero-order valence-corrected chi connectivity index (χ0v) is 12.3. The van der Waals surface area contributed by atoms with Gasteiger partial charge < -0.3 is 10.8 Å². The number of hydrogen-bond acceptors (Lipinski definition) is 4. The fourth-order valence-electron chi connectivity index (χ4n) is 2.22. The van der Waals surface area contributed by atoms with Crippen LogP contribution in [0.15, 0.2) is 60.0 Å². The third kappa shape index (κ3) is 3.29. The quantitative estimate of drug-likeness (QED) is 0.770. The average molecular weight is 296 g/mol. The largest absolute Gasteiger partial charge is 0.508 e. The molecule has 106 valence electrons. The Kier molecular flexibility index (Phi) is 3.99. The number of nitrogens with zero attached hydrogens (tertiary/aromatic N) is 1. The number of nitrogens with two attached hydrogens (primary N) is 1. The van der Waals surface area contributed by atoms with Gasteiger partial charge in [0.2, 0.25) is 0 Å². The van der Waals surface area contributed by atoms with Crippen molar-refractivity contribution in [1.29, 1.82) is 0 Å². The molecule has 1 aromatic heterocycles. The average Bonchev–Trinajstić information content (AvgIpc) is 2.97. The predicted molar refractivity (Wildman–Crippen MR) is 86.3 cm³/mol. The zero-order chi connectivity index (χ0) is 14.7. The topological polar surface area (TPSA) is 59.1 Å². The maximum absolute atomic E-state index is 9.53. The van der Waals surface area contributed by atoms with Gasteiger partial charge in [-0.2, -0.15) is 0 Å². The van der Waals surface area contributed by atoms with Crippen molar-refractivity contribution in [3.05, 3.63) is 71.2 Å². The molecule has 3 aromatic rings. The SMILES string of the molecule is NC(Cc1csc(-c2cccc(O)c2)n1)c1ccccc1. The first-order chi connectivity index (χ1) is 10.2. The van der Waals surface area contributed by atoms with Gasteiger partial charge in [-0.1, -0.05) is 42.5 Å². The van der Waals surface area contributed by atoms with Crippen LogP contribution < -0.4 is 5.73 Å². The summed E-state index contributed by atoms with van der Waals surface area (Å²) in [5, 5.41) is 12.5. The van der Waals surface area contributed by atoms with Crippen molar-refractivity contribution < 1.29 is 5.11 Å². The highest BCUT2D eigenvalue weighted by molar-refractivity contribution is 7.13. The first-order valence-corrected chi connectivity index (χ1v) is 7.64. The molecule has 1 heterocycles. The molecule has 1 unspecified atom stereocenters. The molecule has 0 saturated carbocycles. The van der Waals surface area contributed by atoms with Gasteiger partial charge in [0.15, 0.2) is 0 Å². The number of benzene rings is 2. The Morgan fingerprint density at radius 2 is 1.90 bits per heavy atom. The lowest BCUT2D eigenvalue weighted by molar-refractivity contribution is 0.475. The molecule has 1 atom stereocenters. The Labute approximate surface area is 127 Å². The Balaban J connectivity index is 1.76. The van der Waals surface area contributed by atoms with E-state index in [9.17, 15) is 5.11 Å². The summed E-state index contributed by atoms with van der Waals surface area (Å²) >= 11 is 1.57. The van der Waals surface area contributed by atoms with Crippen LogP contribution in [0.4, 0.5) is 0 Å². The maximum atomic E-state index is 9.53. The van der Waals surface area contributed by atoms with E-state index < -0.39 is 0 Å². The van der Waals surface area contributed by atoms with Gasteiger partial charge in [-0.05, 0) is 17.7 Å². The monoisotopic (exact) mass is 296 g/mol. The molecule has 0 saturated heterocycles. The summed E-state index contributed by atoms with van der Waals surface area (Å²) in [6, 6.07) is 17.1. The van der Waals surface area contributed by atoms with Gasteiger partial charge in [-0.3, -0.25) is 0 Å². The van der Waals surface area contributed by atoms with Crippen molar-refractivity contribution in [3.8, 4) is 16.3 Å². The van der Waals surface area contributed by atoms with E-state index in [1.54, 1.807) is 23.5 Å². The second-order valence-corrected chi connectivity index (χ2v) is 5.77. The Morgan fingerprint density at radius 3 is 2.67 bits per heavy atom. The molecular formula is C17H16N2OS. The Bertz CT molecular complexity index is 724. The number of phenols is 1. The molecule has 0 fully saturated rings. The highest BCUT2D eigenvalue weighted by Crippen LogP contribution is 2.27. The number of rotatable bonds is 4. The van der Waals surface area contributed by atoms with E-state index >= 15 is 0 Å². The number of aromatic hydroxyl groups is 1. The second-order valence-electron chi connectivity index (χ2n) is 4.92. The molecule has 3 N–H and O–H groups in total. The van der Waals surface area contributed by atoms with Gasteiger partial charge >= 0.3 is 0 Å². The number of hydrogen-bond donors (Lipinski definition) is 2. The van der Waals surface area contributed by atoms with Gasteiger partial charge in [0, 0.05) is 23.4 Å². The Morgan fingerprint density at radius 1 is 1.10 bits per heavy atom. The van der Waals surface area contributed by atoms with E-state index in [1.807, 2.05) is 47.8 Å². The van der Waals surface area contributed by atoms with Crippen molar-refractivity contribution in [2.45, 2.75) is 12.5 Å². The maximum Gasteiger partial charge on any atom is 0.123 e. The van der Waals surface area contributed by atoms with Crippen molar-refractivity contribution in [2.75, 3.05) is 0 Å². The highest BCUT2D eigenvalue weighted by atomic mass is 32.1. The fraction of sp³-hybridized carbons (Fsp3) is 0.118. The third-order valence-corrected chi connectivity index (χ3v) is 4.24. The minimum absolute atomic E-state index is 0.0506. The minimum atomic E-state index is -0.0506. The summed E-state index contributed by atoms with van der Waals surface area (Å²) in [4.78, 5) is 4.61. The molecule has 0 bridgehead atoms. The second kappa shape index (κ2) is 6.08. The van der Waals surface area contributed by atoms with Crippen molar-refractivity contribution in [1.82, 2.24) is 4.98 Å². The molecule has 0 aliphatic rings. The van der Waals surface area contributed by atoms with Gasteiger partial charge in [-0.25, -0.2) is 4.98 Å². The summed E-state index contributed by atoms with van der Waals surface area (Å²) in [5.74, 6) is 0.255. The fourth-order valence-corrected chi connectivity index (χ4v) is 3.05. The van der Waals surface area contributed by atoms with Crippen LogP contribution in [0.3, 0.4) is 0 Å². The lowest BCUT2D eigenvalue weighted by atomic mass is 10.0. The molecule has 0 amide bonds. The molecule has 0 aliphatic carbocycles. The van der Waals surface area contributed by atoms with E-state index in [-0.39, 0.29) is 11.8 Å². The van der Waals surface area contributed by atoms with Gasteiger partial charge in [-0.15, -0.1) is 11.3 Å². The van der Waals surface area contributed by atoms with E-state index in [1.165, 1.54) is 0 Å². The van der Waals surface area contributed by atoms with Crippen molar-refractivity contribution >= 4 is 11.3 Å². The van der Waals surface area contributed by atoms with Crippen LogP contribution in [0.25, 0.3) is 10.6 Å². The van der Waals surface area contributed by atoms with E-state index in [4.69, 9.17) is 5.73 Å². The van der Waals surface area contributed by atoms with Crippen LogP contribution in [0.2, 0.25) is 0 Å². The Hall–Kier alpha value is -2.17. The molecule has 3 rings (SSSR count). The summed E-state index contributed by atoms with van der Waals surface area (Å²) in [6.45, 7) is 0. The number of phenolic OH excluding ortho intramolecular Hbond substituents is 1. The van der Waals surface area contributed by atoms with Crippen LogP contribution in [0.1, 0.15) is 17.3 Å². The van der Waals surface area contributed by atoms with Crippen LogP contribution in [-0.4, -0.2) is 10.1 Å². The van der Waals surface area contributed by atoms with Crippen LogP contribution in [0.5, 0.6) is 5.75 Å². The lowest BCUT2D eigenvalue weighted by Gasteiger charge is -2.09. The standard InChI is InChI=1S/C17H16N2OS/c18-16(12-5-2-1-3-6-12)10-14-11-21-17(19-14)13-7-4-8-15(20)9-13/h1-9,11,16,20H,10,18H2. The number of aromatic nitrogens is 1. The van der Waals surface area contributed by atoms with Gasteiger partial charge in [0.05, 0.1) is 5.69 Å². The molecule has 3 nitrogen and oxygen atoms in total. The molecule has 0 aliphatic heterocycles. The normalized spacial score (nSPS) is 12.2. The van der Waals surface area contributed by atoms with Crippen molar-refractivity contribution in [2.24, 2.45) is 5.73 Å². The molecule has 2 aromatic carbocycles. The molecule has 0 radical (unpaired) electrons. The zero-order valence-electron chi connectivity index (χ0n) is 11.4. The summed E-state index contributed by atoms with van der Waals surface area (Å²) < 4.78 is 0. The van der Waals surface area contributed by atoms with E-state index in [0.717, 1.165) is 21.8 Å². The summed E-state index contributed by atoms with van der Waals surface area (Å²) in [5.41, 5.74) is 9.25. The van der Waals surface area contributed by atoms with Gasteiger partial charge in [0.1, 0.15) is 10.8 Å². The summed E-state index contributed by atoms with van der Waals surface area (Å²) in [6.07, 6.45) is 0.708. The smallest absolute Gasteiger partial charge is 0.123 e. The van der Waals surface area contributed by atoms with Gasteiger partial charge in [0.25, 0.3) is 0 Å². The minimum Gasteiger partial charge on any atom is -0.508 e. The first-order valence-electron chi connectivity index (χ1n) is 6.77. The first kappa shape index (κ1) is 13.8. The molecule has 21 heavy (non-hydrogen) atoms. The highest BCUT2D eigenvalue weighted by Gasteiger charge is 2.10. The third-order valence-electron chi connectivity index (χ3n) is 3.30. The van der Waals surface area contributed by atoms with Crippen LogP contribution >= 0.6 is 11.3 Å². The summed E-state index contributed by atoms with van der Waals surface area (Å²) in [7, 11) is 0.